The quantitative estimate of drug-likeness (QED) is 0.876. The predicted molar refractivity (Wildman–Crippen MR) is 72.8 cm³/mol. The number of carbonyl (C=O) groups excluding carboxylic acids is 1. The molecule has 0 radical (unpaired) electrons. The molecule has 0 fully saturated rings. The number of carboxylic acids is 1. The van der Waals surface area contributed by atoms with E-state index in [1.807, 2.05) is 0 Å². The molecule has 0 aromatic heterocycles. The molecule has 7 heteroatoms. The van der Waals surface area contributed by atoms with Crippen molar-refractivity contribution >= 4 is 35.2 Å². The number of thioether (sulfide) groups is 1. The molecule has 0 aliphatic heterocycles. The number of amides is 1. The lowest BCUT2D eigenvalue weighted by molar-refractivity contribution is -0.133. The molecule has 1 aromatic carbocycles. The van der Waals surface area contributed by atoms with Crippen molar-refractivity contribution in [3.8, 4) is 0 Å². The van der Waals surface area contributed by atoms with Gasteiger partial charge in [0, 0.05) is 24.2 Å². The average molecular weight is 306 g/mol. The lowest BCUT2D eigenvalue weighted by Crippen LogP contribution is -2.28. The first-order valence-corrected chi connectivity index (χ1v) is 6.91. The van der Waals surface area contributed by atoms with E-state index in [0.29, 0.717) is 0 Å². The van der Waals surface area contributed by atoms with Gasteiger partial charge in [-0.15, -0.1) is 11.8 Å². The van der Waals surface area contributed by atoms with Crippen LogP contribution in [0.1, 0.15) is 5.56 Å². The van der Waals surface area contributed by atoms with Crippen LogP contribution in [0, 0.1) is 5.82 Å². The second kappa shape index (κ2) is 7.35. The summed E-state index contributed by atoms with van der Waals surface area (Å²) in [6.45, 7) is 0.0535. The molecule has 0 unspecified atom stereocenters. The van der Waals surface area contributed by atoms with E-state index in [1.54, 1.807) is 6.07 Å². The van der Waals surface area contributed by atoms with Crippen LogP contribution in [0.25, 0.3) is 0 Å². The van der Waals surface area contributed by atoms with Gasteiger partial charge in [-0.05, 0) is 12.1 Å². The van der Waals surface area contributed by atoms with Gasteiger partial charge in [-0.1, -0.05) is 17.7 Å². The fraction of sp³-hybridized carbons (Fsp3) is 0.333. The van der Waals surface area contributed by atoms with Gasteiger partial charge in [0.15, 0.2) is 0 Å². The van der Waals surface area contributed by atoms with Crippen LogP contribution in [-0.4, -0.2) is 40.4 Å². The third-order valence-electron chi connectivity index (χ3n) is 2.33. The maximum Gasteiger partial charge on any atom is 0.313 e. The zero-order valence-corrected chi connectivity index (χ0v) is 11.8. The maximum atomic E-state index is 13.5. The van der Waals surface area contributed by atoms with Crippen molar-refractivity contribution in [2.24, 2.45) is 0 Å². The van der Waals surface area contributed by atoms with E-state index in [2.05, 4.69) is 0 Å². The van der Waals surface area contributed by atoms with Gasteiger partial charge in [-0.25, -0.2) is 4.39 Å². The number of halogens is 2. The van der Waals surface area contributed by atoms with Crippen LogP contribution in [0.2, 0.25) is 5.02 Å². The summed E-state index contributed by atoms with van der Waals surface area (Å²) >= 11 is 6.86. The van der Waals surface area contributed by atoms with Crippen molar-refractivity contribution < 1.29 is 19.1 Å². The summed E-state index contributed by atoms with van der Waals surface area (Å²) in [4.78, 5) is 23.3. The Labute approximate surface area is 119 Å². The molecule has 104 valence electrons. The van der Waals surface area contributed by atoms with Gasteiger partial charge in [0.05, 0.1) is 11.5 Å². The topological polar surface area (TPSA) is 57.6 Å². The highest BCUT2D eigenvalue weighted by Crippen LogP contribution is 2.20. The minimum atomic E-state index is -0.974. The molecule has 0 aliphatic carbocycles. The first-order chi connectivity index (χ1) is 8.91. The van der Waals surface area contributed by atoms with E-state index in [0.717, 1.165) is 11.8 Å². The number of carboxylic acid groups (broad SMARTS) is 1. The average Bonchev–Trinajstić information content (AvgIpc) is 2.33. The fourth-order valence-corrected chi connectivity index (χ4v) is 2.24. The monoisotopic (exact) mass is 305 g/mol. The highest BCUT2D eigenvalue weighted by atomic mass is 35.5. The Hall–Kier alpha value is -1.27. The highest BCUT2D eigenvalue weighted by molar-refractivity contribution is 8.00. The number of nitrogens with zero attached hydrogens (tertiary/aromatic N) is 1. The third-order valence-corrected chi connectivity index (χ3v) is 3.59. The summed E-state index contributed by atoms with van der Waals surface area (Å²) in [5, 5.41) is 8.72. The van der Waals surface area contributed by atoms with Crippen LogP contribution in [0.15, 0.2) is 18.2 Å². The van der Waals surface area contributed by atoms with E-state index in [4.69, 9.17) is 16.7 Å². The Morgan fingerprint density at radius 3 is 2.68 bits per heavy atom. The molecule has 19 heavy (non-hydrogen) atoms. The molecule has 0 saturated heterocycles. The molecule has 4 nitrogen and oxygen atoms in total. The summed E-state index contributed by atoms with van der Waals surface area (Å²) in [6, 6.07) is 4.32. The van der Waals surface area contributed by atoms with Crippen molar-refractivity contribution in [2.45, 2.75) is 6.54 Å². The Morgan fingerprint density at radius 1 is 1.42 bits per heavy atom. The normalized spacial score (nSPS) is 10.3. The van der Waals surface area contributed by atoms with Gasteiger partial charge in [0.25, 0.3) is 0 Å². The minimum Gasteiger partial charge on any atom is -0.481 e. The van der Waals surface area contributed by atoms with E-state index in [-0.39, 0.29) is 34.5 Å². The summed E-state index contributed by atoms with van der Waals surface area (Å²) in [5.74, 6) is -1.82. The molecule has 1 amide bonds. The van der Waals surface area contributed by atoms with Crippen molar-refractivity contribution in [2.75, 3.05) is 18.6 Å². The minimum absolute atomic E-state index is 0.0366. The summed E-state index contributed by atoms with van der Waals surface area (Å²) in [6.07, 6.45) is 0. The van der Waals surface area contributed by atoms with Crippen LogP contribution >= 0.6 is 23.4 Å². The smallest absolute Gasteiger partial charge is 0.313 e. The Kier molecular flexibility index (Phi) is 6.11. The molecule has 0 spiro atoms. The van der Waals surface area contributed by atoms with Gasteiger partial charge in [-0.3, -0.25) is 9.59 Å². The molecule has 0 bridgehead atoms. The van der Waals surface area contributed by atoms with Gasteiger partial charge in [-0.2, -0.15) is 0 Å². The van der Waals surface area contributed by atoms with Gasteiger partial charge < -0.3 is 10.0 Å². The Bertz CT molecular complexity index is 464. The van der Waals surface area contributed by atoms with E-state index in [1.165, 1.54) is 24.1 Å². The number of hydrogen-bond donors (Lipinski definition) is 1. The fourth-order valence-electron chi connectivity index (χ4n) is 1.34. The van der Waals surface area contributed by atoms with Gasteiger partial charge in [0.1, 0.15) is 5.82 Å². The zero-order chi connectivity index (χ0) is 14.4. The zero-order valence-electron chi connectivity index (χ0n) is 10.2. The SMILES string of the molecule is CN(Cc1c(F)cccc1Cl)C(=O)CSCC(=O)O. The standard InChI is InChI=1S/C12H13ClFNO3S/c1-15(11(16)6-19-7-12(17)18)5-8-9(13)3-2-4-10(8)14/h2-4H,5-7H2,1H3,(H,17,18). The highest BCUT2D eigenvalue weighted by Gasteiger charge is 2.14. The number of aliphatic carboxylic acids is 1. The van der Waals surface area contributed by atoms with E-state index < -0.39 is 11.8 Å². The van der Waals surface area contributed by atoms with Crippen molar-refractivity contribution in [3.63, 3.8) is 0 Å². The summed E-state index contributed by atoms with van der Waals surface area (Å²) in [5.41, 5.74) is 0.253. The molecule has 0 aliphatic rings. The maximum absolute atomic E-state index is 13.5. The van der Waals surface area contributed by atoms with Crippen LogP contribution in [0.4, 0.5) is 4.39 Å². The van der Waals surface area contributed by atoms with Crippen LogP contribution in [-0.2, 0) is 16.1 Å². The van der Waals surface area contributed by atoms with Crippen molar-refractivity contribution in [1.29, 1.82) is 0 Å². The van der Waals surface area contributed by atoms with Crippen LogP contribution in [0.3, 0.4) is 0 Å². The van der Waals surface area contributed by atoms with Gasteiger partial charge in [0.2, 0.25) is 5.91 Å². The molecular weight excluding hydrogens is 293 g/mol. The Morgan fingerprint density at radius 2 is 2.11 bits per heavy atom. The largest absolute Gasteiger partial charge is 0.481 e. The second-order valence-corrected chi connectivity index (χ2v) is 5.23. The van der Waals surface area contributed by atoms with E-state index >= 15 is 0 Å². The predicted octanol–water partition coefficient (Wildman–Crippen LogP) is 2.26. The van der Waals surface area contributed by atoms with Crippen LogP contribution < -0.4 is 0 Å². The van der Waals surface area contributed by atoms with Crippen LogP contribution in [0.5, 0.6) is 0 Å². The number of hydrogen-bond acceptors (Lipinski definition) is 3. The molecule has 0 saturated carbocycles. The van der Waals surface area contributed by atoms with E-state index in [9.17, 15) is 14.0 Å². The second-order valence-electron chi connectivity index (χ2n) is 3.84. The molecule has 1 aromatic rings. The third kappa shape index (κ3) is 5.08. The summed E-state index contributed by atoms with van der Waals surface area (Å²) < 4.78 is 13.5. The Balaban J connectivity index is 2.56. The lowest BCUT2D eigenvalue weighted by atomic mass is 10.2. The molecule has 1 rings (SSSR count). The first kappa shape index (κ1) is 15.8. The lowest BCUT2D eigenvalue weighted by Gasteiger charge is -2.18. The summed E-state index contributed by atoms with van der Waals surface area (Å²) in [7, 11) is 1.52. The number of carbonyl (C=O) groups is 2. The molecule has 1 N–H and O–H groups in total. The van der Waals surface area contributed by atoms with Crippen molar-refractivity contribution in [3.05, 3.63) is 34.6 Å². The number of benzene rings is 1. The number of rotatable bonds is 6. The first-order valence-electron chi connectivity index (χ1n) is 5.38. The van der Waals surface area contributed by atoms with Gasteiger partial charge >= 0.3 is 5.97 Å². The molecule has 0 heterocycles. The molecular formula is C12H13ClFNO3S. The molecule has 0 atom stereocenters. The van der Waals surface area contributed by atoms with Crippen molar-refractivity contribution in [1.82, 2.24) is 4.90 Å².